The van der Waals surface area contributed by atoms with Crippen LogP contribution in [0.2, 0.25) is 0 Å². The highest BCUT2D eigenvalue weighted by Crippen LogP contribution is 2.34. The molecule has 3 rings (SSSR count). The first-order valence-electron chi connectivity index (χ1n) is 6.03. The Labute approximate surface area is 86.7 Å². The number of carbonyl (C=O) groups excluding carboxylic acids is 1. The fourth-order valence-corrected chi connectivity index (χ4v) is 2.99. The number of piperidine rings is 3. The quantitative estimate of drug-likeness (QED) is 0.684. The minimum atomic E-state index is 0.492. The van der Waals surface area contributed by atoms with Crippen molar-refractivity contribution in [3.63, 3.8) is 0 Å². The predicted octanol–water partition coefficient (Wildman–Crippen LogP) is 2.09. The summed E-state index contributed by atoms with van der Waals surface area (Å²) >= 11 is 0. The maximum Gasteiger partial charge on any atom is 0.133 e. The third-order valence-corrected chi connectivity index (χ3v) is 3.81. The highest BCUT2D eigenvalue weighted by molar-refractivity contribution is 5.78. The smallest absolute Gasteiger partial charge is 0.133 e. The predicted molar refractivity (Wildman–Crippen MR) is 57.2 cm³/mol. The van der Waals surface area contributed by atoms with Gasteiger partial charge in [-0.1, -0.05) is 6.92 Å². The lowest BCUT2D eigenvalue weighted by atomic mass is 9.76. The molecule has 3 saturated heterocycles. The molecule has 2 nitrogen and oxygen atoms in total. The van der Waals surface area contributed by atoms with E-state index >= 15 is 0 Å². The van der Waals surface area contributed by atoms with E-state index in [-0.39, 0.29) is 0 Å². The highest BCUT2D eigenvalue weighted by atomic mass is 16.1. The Balaban J connectivity index is 1.83. The molecular weight excluding hydrogens is 174 g/mol. The van der Waals surface area contributed by atoms with Crippen molar-refractivity contribution >= 4 is 5.78 Å². The first-order chi connectivity index (χ1) is 6.79. The zero-order valence-corrected chi connectivity index (χ0v) is 9.17. The zero-order chi connectivity index (χ0) is 9.97. The second-order valence-corrected chi connectivity index (χ2v) is 4.89. The van der Waals surface area contributed by atoms with Crippen molar-refractivity contribution in [1.29, 1.82) is 0 Å². The maximum absolute atomic E-state index is 11.6. The summed E-state index contributed by atoms with van der Waals surface area (Å²) in [7, 11) is 0. The van der Waals surface area contributed by atoms with Crippen LogP contribution in [0.25, 0.3) is 0 Å². The maximum atomic E-state index is 11.6. The summed E-state index contributed by atoms with van der Waals surface area (Å²) in [6.45, 7) is 5.85. The van der Waals surface area contributed by atoms with Gasteiger partial charge in [-0.25, -0.2) is 0 Å². The molecule has 3 heterocycles. The van der Waals surface area contributed by atoms with Crippen LogP contribution < -0.4 is 0 Å². The normalized spacial score (nSPS) is 35.9. The summed E-state index contributed by atoms with van der Waals surface area (Å²) in [4.78, 5) is 14.1. The van der Waals surface area contributed by atoms with Gasteiger partial charge in [0.15, 0.2) is 0 Å². The minimum Gasteiger partial charge on any atom is -0.303 e. The van der Waals surface area contributed by atoms with E-state index in [2.05, 4.69) is 11.8 Å². The summed E-state index contributed by atoms with van der Waals surface area (Å²) in [6.07, 6.45) is 5.34. The minimum absolute atomic E-state index is 0.492. The Morgan fingerprint density at radius 3 is 2.57 bits per heavy atom. The molecule has 0 aliphatic carbocycles. The molecule has 1 atom stereocenters. The number of Topliss-reactive ketones (excluding diaryl/α,β-unsaturated/α-hetero) is 1. The van der Waals surface area contributed by atoms with Crippen molar-refractivity contribution in [1.82, 2.24) is 4.90 Å². The molecule has 0 saturated carbocycles. The lowest BCUT2D eigenvalue weighted by Crippen LogP contribution is -2.47. The van der Waals surface area contributed by atoms with E-state index in [4.69, 9.17) is 0 Å². The Bertz CT molecular complexity index is 206. The molecule has 2 heteroatoms. The van der Waals surface area contributed by atoms with Crippen LogP contribution in [0.15, 0.2) is 0 Å². The number of carbonyl (C=O) groups is 1. The second-order valence-electron chi connectivity index (χ2n) is 4.89. The average molecular weight is 195 g/mol. The number of hydrogen-bond acceptors (Lipinski definition) is 2. The molecule has 80 valence electrons. The van der Waals surface area contributed by atoms with Gasteiger partial charge >= 0.3 is 0 Å². The largest absolute Gasteiger partial charge is 0.303 e. The topological polar surface area (TPSA) is 20.3 Å². The zero-order valence-electron chi connectivity index (χ0n) is 9.17. The van der Waals surface area contributed by atoms with Gasteiger partial charge in [-0.05, 0) is 44.2 Å². The van der Waals surface area contributed by atoms with Crippen molar-refractivity contribution in [3.05, 3.63) is 0 Å². The Hall–Kier alpha value is -0.370. The lowest BCUT2D eigenvalue weighted by Gasteiger charge is -2.44. The van der Waals surface area contributed by atoms with Gasteiger partial charge < -0.3 is 4.90 Å². The molecule has 0 spiro atoms. The van der Waals surface area contributed by atoms with Crippen LogP contribution in [0.4, 0.5) is 0 Å². The van der Waals surface area contributed by atoms with Crippen molar-refractivity contribution in [3.8, 4) is 0 Å². The van der Waals surface area contributed by atoms with E-state index in [1.165, 1.54) is 32.5 Å². The van der Waals surface area contributed by atoms with Crippen molar-refractivity contribution in [2.75, 3.05) is 19.6 Å². The van der Waals surface area contributed by atoms with E-state index in [1.54, 1.807) is 0 Å². The number of fused-ring (bicyclic) bond motifs is 3. The molecule has 0 radical (unpaired) electrons. The summed E-state index contributed by atoms with van der Waals surface area (Å²) in [5.41, 5.74) is 0. The molecule has 0 aromatic rings. The molecule has 0 amide bonds. The summed E-state index contributed by atoms with van der Waals surface area (Å²) < 4.78 is 0. The van der Waals surface area contributed by atoms with Gasteiger partial charge in [0.05, 0.1) is 0 Å². The molecule has 2 bridgehead atoms. The monoisotopic (exact) mass is 195 g/mol. The Morgan fingerprint density at radius 2 is 2.07 bits per heavy atom. The Kier molecular flexibility index (Phi) is 3.22. The van der Waals surface area contributed by atoms with Crippen LogP contribution in [0, 0.1) is 11.8 Å². The van der Waals surface area contributed by atoms with Crippen molar-refractivity contribution < 1.29 is 4.79 Å². The number of hydrogen-bond donors (Lipinski definition) is 0. The van der Waals surface area contributed by atoms with E-state index < -0.39 is 0 Å². The van der Waals surface area contributed by atoms with Crippen LogP contribution in [0.3, 0.4) is 0 Å². The van der Waals surface area contributed by atoms with Gasteiger partial charge in [0.25, 0.3) is 0 Å². The van der Waals surface area contributed by atoms with E-state index in [0.717, 1.165) is 25.2 Å². The number of ketones is 1. The van der Waals surface area contributed by atoms with Gasteiger partial charge in [0.2, 0.25) is 0 Å². The molecule has 3 fully saturated rings. The van der Waals surface area contributed by atoms with E-state index in [1.807, 2.05) is 0 Å². The second kappa shape index (κ2) is 4.43. The molecule has 1 unspecified atom stereocenters. The van der Waals surface area contributed by atoms with Crippen molar-refractivity contribution in [2.45, 2.75) is 39.0 Å². The van der Waals surface area contributed by atoms with Gasteiger partial charge in [0, 0.05) is 19.4 Å². The van der Waals surface area contributed by atoms with Gasteiger partial charge in [-0.15, -0.1) is 0 Å². The summed E-state index contributed by atoms with van der Waals surface area (Å²) in [6, 6.07) is 0. The third kappa shape index (κ3) is 2.17. The molecule has 3 aliphatic rings. The lowest BCUT2D eigenvalue weighted by molar-refractivity contribution is -0.121. The first kappa shape index (κ1) is 10.2. The Morgan fingerprint density at radius 1 is 1.36 bits per heavy atom. The number of rotatable bonds is 4. The van der Waals surface area contributed by atoms with E-state index in [0.29, 0.717) is 11.7 Å². The van der Waals surface area contributed by atoms with Crippen LogP contribution in [0.5, 0.6) is 0 Å². The molecule has 0 aromatic heterocycles. The fourth-order valence-electron chi connectivity index (χ4n) is 2.99. The highest BCUT2D eigenvalue weighted by Gasteiger charge is 2.34. The number of nitrogens with zero attached hydrogens (tertiary/aromatic N) is 1. The first-order valence-corrected chi connectivity index (χ1v) is 6.03. The fraction of sp³-hybridized carbons (Fsp3) is 0.917. The van der Waals surface area contributed by atoms with Gasteiger partial charge in [-0.2, -0.15) is 0 Å². The molecule has 0 aromatic carbocycles. The van der Waals surface area contributed by atoms with Crippen LogP contribution in [-0.4, -0.2) is 30.3 Å². The van der Waals surface area contributed by atoms with Crippen LogP contribution in [-0.2, 0) is 4.79 Å². The third-order valence-electron chi connectivity index (χ3n) is 3.81. The van der Waals surface area contributed by atoms with Crippen molar-refractivity contribution in [2.24, 2.45) is 11.8 Å². The molecular formula is C12H21NO. The van der Waals surface area contributed by atoms with Crippen LogP contribution in [0.1, 0.15) is 39.0 Å². The molecule has 14 heavy (non-hydrogen) atoms. The SMILES string of the molecule is CCCC(=O)CC1CN2CCC1CC2. The summed E-state index contributed by atoms with van der Waals surface area (Å²) in [5.74, 6) is 2.05. The average Bonchev–Trinajstić information content (AvgIpc) is 2.19. The molecule has 0 N–H and O–H groups in total. The summed E-state index contributed by atoms with van der Waals surface area (Å²) in [5, 5.41) is 0. The standard InChI is InChI=1S/C12H21NO/c1-2-3-12(14)8-11-9-13-6-4-10(11)5-7-13/h10-11H,2-9H2,1H3. The van der Waals surface area contributed by atoms with Crippen LogP contribution >= 0.6 is 0 Å². The van der Waals surface area contributed by atoms with Gasteiger partial charge in [0.1, 0.15) is 5.78 Å². The van der Waals surface area contributed by atoms with E-state index in [9.17, 15) is 4.79 Å². The van der Waals surface area contributed by atoms with Gasteiger partial charge in [-0.3, -0.25) is 4.79 Å². The molecule has 3 aliphatic heterocycles.